The third-order valence-corrected chi connectivity index (χ3v) is 1.57. The molecule has 0 aliphatic heterocycles. The molecule has 5 nitrogen and oxygen atoms in total. The zero-order valence-electron chi connectivity index (χ0n) is 7.77. The van der Waals surface area contributed by atoms with Gasteiger partial charge < -0.3 is 5.73 Å². The molecule has 0 spiro atoms. The van der Waals surface area contributed by atoms with Crippen LogP contribution < -0.4 is 5.73 Å². The maximum absolute atomic E-state index is 10.4. The Bertz CT molecular complexity index is 440. The zero-order valence-corrected chi connectivity index (χ0v) is 7.77. The molecule has 15 heavy (non-hydrogen) atoms. The van der Waals surface area contributed by atoms with Crippen LogP contribution in [0.2, 0.25) is 0 Å². The van der Waals surface area contributed by atoms with Crippen LogP contribution in [-0.2, 0) is 4.79 Å². The molecule has 1 aromatic rings. The van der Waals surface area contributed by atoms with Gasteiger partial charge in [-0.3, -0.25) is 14.9 Å². The normalized spacial score (nSPS) is 8.80. The lowest BCUT2D eigenvalue weighted by Crippen LogP contribution is -2.08. The standard InChI is InChI=1S/C10H8N2O3/c11-10(13)3-1-2-8-4-6-9(7-5-8)12(14)15/h4-7H,3H2,(H2,11,13). The van der Waals surface area contributed by atoms with E-state index in [2.05, 4.69) is 11.8 Å². The van der Waals surface area contributed by atoms with Crippen LogP contribution in [0, 0.1) is 22.0 Å². The van der Waals surface area contributed by atoms with Crippen molar-refractivity contribution in [2.45, 2.75) is 6.42 Å². The van der Waals surface area contributed by atoms with E-state index >= 15 is 0 Å². The van der Waals surface area contributed by atoms with E-state index in [1.54, 1.807) is 0 Å². The molecular formula is C10H8N2O3. The number of benzene rings is 1. The van der Waals surface area contributed by atoms with Gasteiger partial charge in [-0.15, -0.1) is 0 Å². The summed E-state index contributed by atoms with van der Waals surface area (Å²) < 4.78 is 0. The summed E-state index contributed by atoms with van der Waals surface area (Å²) in [6.07, 6.45) is -0.0169. The molecule has 2 N–H and O–H groups in total. The first-order valence-electron chi connectivity index (χ1n) is 4.11. The second-order valence-electron chi connectivity index (χ2n) is 2.75. The Hall–Kier alpha value is -2.35. The summed E-state index contributed by atoms with van der Waals surface area (Å²) in [6, 6.07) is 5.75. The van der Waals surface area contributed by atoms with Crippen LogP contribution >= 0.6 is 0 Å². The van der Waals surface area contributed by atoms with Crippen LogP contribution in [-0.4, -0.2) is 10.8 Å². The predicted molar refractivity (Wildman–Crippen MR) is 53.8 cm³/mol. The minimum atomic E-state index is -0.496. The molecule has 1 rings (SSSR count). The van der Waals surface area contributed by atoms with Gasteiger partial charge in [-0.25, -0.2) is 0 Å². The van der Waals surface area contributed by atoms with Gasteiger partial charge >= 0.3 is 0 Å². The highest BCUT2D eigenvalue weighted by Crippen LogP contribution is 2.10. The molecule has 5 heteroatoms. The van der Waals surface area contributed by atoms with Gasteiger partial charge in [0.1, 0.15) is 0 Å². The molecule has 0 saturated carbocycles. The third kappa shape index (κ3) is 3.48. The fourth-order valence-electron chi connectivity index (χ4n) is 0.900. The molecule has 0 aliphatic carbocycles. The molecule has 0 heterocycles. The Morgan fingerprint density at radius 2 is 2.00 bits per heavy atom. The highest BCUT2D eigenvalue weighted by Gasteiger charge is 2.01. The van der Waals surface area contributed by atoms with Crippen molar-refractivity contribution in [2.75, 3.05) is 0 Å². The number of amides is 1. The van der Waals surface area contributed by atoms with Crippen molar-refractivity contribution >= 4 is 11.6 Å². The minimum Gasteiger partial charge on any atom is -0.369 e. The van der Waals surface area contributed by atoms with Gasteiger partial charge in [0.2, 0.25) is 5.91 Å². The topological polar surface area (TPSA) is 86.2 Å². The van der Waals surface area contributed by atoms with Crippen LogP contribution in [0.1, 0.15) is 12.0 Å². The van der Waals surface area contributed by atoms with E-state index < -0.39 is 10.8 Å². The van der Waals surface area contributed by atoms with Gasteiger partial charge in [0.25, 0.3) is 5.69 Å². The molecule has 0 aliphatic rings. The van der Waals surface area contributed by atoms with Gasteiger partial charge in [0, 0.05) is 17.7 Å². The van der Waals surface area contributed by atoms with Crippen LogP contribution in [0.4, 0.5) is 5.69 Å². The molecule has 1 amide bonds. The first kappa shape index (κ1) is 10.7. The first-order valence-corrected chi connectivity index (χ1v) is 4.11. The monoisotopic (exact) mass is 204 g/mol. The number of nitro groups is 1. The van der Waals surface area contributed by atoms with Crippen molar-refractivity contribution in [1.82, 2.24) is 0 Å². The van der Waals surface area contributed by atoms with Crippen LogP contribution in [0.25, 0.3) is 0 Å². The summed E-state index contributed by atoms with van der Waals surface area (Å²) in [4.78, 5) is 20.2. The Labute approximate surface area is 86.0 Å². The van der Waals surface area contributed by atoms with Crippen molar-refractivity contribution < 1.29 is 9.72 Å². The molecule has 76 valence electrons. The number of non-ortho nitro benzene ring substituents is 1. The molecule has 0 saturated heterocycles. The van der Waals surface area contributed by atoms with Gasteiger partial charge in [-0.2, -0.15) is 0 Å². The molecule has 0 bridgehead atoms. The van der Waals surface area contributed by atoms with Crippen molar-refractivity contribution in [3.63, 3.8) is 0 Å². The van der Waals surface area contributed by atoms with Crippen LogP contribution in [0.15, 0.2) is 24.3 Å². The van der Waals surface area contributed by atoms with E-state index in [4.69, 9.17) is 5.73 Å². The van der Waals surface area contributed by atoms with Crippen molar-refractivity contribution in [2.24, 2.45) is 5.73 Å². The van der Waals surface area contributed by atoms with E-state index in [9.17, 15) is 14.9 Å². The van der Waals surface area contributed by atoms with E-state index in [1.807, 2.05) is 0 Å². The molecular weight excluding hydrogens is 196 g/mol. The average molecular weight is 204 g/mol. The number of nitro benzene ring substituents is 1. The summed E-state index contributed by atoms with van der Waals surface area (Å²) in [6.45, 7) is 0. The molecule has 0 fully saturated rings. The summed E-state index contributed by atoms with van der Waals surface area (Å²) in [7, 11) is 0. The summed E-state index contributed by atoms with van der Waals surface area (Å²) in [5.74, 6) is 4.73. The first-order chi connectivity index (χ1) is 7.09. The molecule has 0 atom stereocenters. The largest absolute Gasteiger partial charge is 0.369 e. The van der Waals surface area contributed by atoms with Crippen LogP contribution in [0.3, 0.4) is 0 Å². The SMILES string of the molecule is NC(=O)CC#Cc1ccc([N+](=O)[O-])cc1. The van der Waals surface area contributed by atoms with Gasteiger partial charge in [-0.1, -0.05) is 11.8 Å². The minimum absolute atomic E-state index is 0.00968. The lowest BCUT2D eigenvalue weighted by molar-refractivity contribution is -0.384. The maximum Gasteiger partial charge on any atom is 0.269 e. The molecule has 1 aromatic carbocycles. The Morgan fingerprint density at radius 3 is 2.47 bits per heavy atom. The van der Waals surface area contributed by atoms with E-state index in [0.29, 0.717) is 5.56 Å². The fourth-order valence-corrected chi connectivity index (χ4v) is 0.900. The van der Waals surface area contributed by atoms with Gasteiger partial charge in [-0.05, 0) is 12.1 Å². The number of primary amides is 1. The second kappa shape index (κ2) is 4.77. The summed E-state index contributed by atoms with van der Waals surface area (Å²) in [5, 5.41) is 10.3. The highest BCUT2D eigenvalue weighted by atomic mass is 16.6. The third-order valence-electron chi connectivity index (χ3n) is 1.57. The summed E-state index contributed by atoms with van der Waals surface area (Å²) >= 11 is 0. The Morgan fingerprint density at radius 1 is 1.40 bits per heavy atom. The molecule has 0 aromatic heterocycles. The highest BCUT2D eigenvalue weighted by molar-refractivity contribution is 5.76. The number of nitrogens with two attached hydrogens (primary N) is 1. The van der Waals surface area contributed by atoms with E-state index in [-0.39, 0.29) is 12.1 Å². The van der Waals surface area contributed by atoms with Crippen molar-refractivity contribution in [3.8, 4) is 11.8 Å². The van der Waals surface area contributed by atoms with Crippen LogP contribution in [0.5, 0.6) is 0 Å². The van der Waals surface area contributed by atoms with Crippen molar-refractivity contribution in [1.29, 1.82) is 0 Å². The molecule has 0 radical (unpaired) electrons. The number of hydrogen-bond acceptors (Lipinski definition) is 3. The fraction of sp³-hybridized carbons (Fsp3) is 0.100. The van der Waals surface area contributed by atoms with E-state index in [1.165, 1.54) is 24.3 Å². The summed E-state index contributed by atoms with van der Waals surface area (Å²) in [5.41, 5.74) is 5.51. The number of hydrogen-bond donors (Lipinski definition) is 1. The average Bonchev–Trinajstić information content (AvgIpc) is 2.18. The smallest absolute Gasteiger partial charge is 0.269 e. The maximum atomic E-state index is 10.4. The number of rotatable bonds is 2. The van der Waals surface area contributed by atoms with Crippen molar-refractivity contribution in [3.05, 3.63) is 39.9 Å². The van der Waals surface area contributed by atoms with Gasteiger partial charge in [0.05, 0.1) is 11.3 Å². The van der Waals surface area contributed by atoms with Gasteiger partial charge in [0.15, 0.2) is 0 Å². The lowest BCUT2D eigenvalue weighted by Gasteiger charge is -1.90. The lowest BCUT2D eigenvalue weighted by atomic mass is 10.2. The molecule has 0 unspecified atom stereocenters. The van der Waals surface area contributed by atoms with E-state index in [0.717, 1.165) is 0 Å². The number of carbonyl (C=O) groups is 1. The zero-order chi connectivity index (χ0) is 11.3. The second-order valence-corrected chi connectivity index (χ2v) is 2.75. The number of nitrogens with zero attached hydrogens (tertiary/aromatic N) is 1. The number of carbonyl (C=O) groups excluding carboxylic acids is 1. The predicted octanol–water partition coefficient (Wildman–Crippen LogP) is 0.822. The Kier molecular flexibility index (Phi) is 3.41. The quantitative estimate of drug-likeness (QED) is 0.439. The Balaban J connectivity index is 2.75.